The minimum absolute atomic E-state index is 0. The van der Waals surface area contributed by atoms with Crippen molar-refractivity contribution in [3.8, 4) is 5.69 Å². The zero-order valence-corrected chi connectivity index (χ0v) is 14.8. The predicted octanol–water partition coefficient (Wildman–Crippen LogP) is 4.22. The number of hydrogen-bond donors (Lipinski definition) is 1. The van der Waals surface area contributed by atoms with Gasteiger partial charge in [0, 0.05) is 23.7 Å². The Balaban J connectivity index is 0.00000146. The average Bonchev–Trinajstić information content (AvgIpc) is 3.00. The molecule has 6 rings (SSSR count). The fourth-order valence-corrected chi connectivity index (χ4v) is 6.12. The Kier molecular flexibility index (Phi) is 3.97. The van der Waals surface area contributed by atoms with E-state index in [2.05, 4.69) is 41.2 Å². The molecule has 4 aliphatic rings. The first-order valence-corrected chi connectivity index (χ1v) is 9.10. The molecule has 1 aromatic heterocycles. The van der Waals surface area contributed by atoms with Gasteiger partial charge in [0.15, 0.2) is 0 Å². The Bertz CT molecular complexity index is 686. The molecule has 24 heavy (non-hydrogen) atoms. The van der Waals surface area contributed by atoms with Crippen molar-refractivity contribution in [2.24, 2.45) is 23.5 Å². The minimum atomic E-state index is 0. The van der Waals surface area contributed by atoms with Gasteiger partial charge in [0.1, 0.15) is 0 Å². The number of para-hydroxylation sites is 1. The van der Waals surface area contributed by atoms with Gasteiger partial charge in [0.05, 0.1) is 11.4 Å². The quantitative estimate of drug-likeness (QED) is 0.906. The second kappa shape index (κ2) is 5.89. The van der Waals surface area contributed by atoms with Crippen molar-refractivity contribution in [3.63, 3.8) is 0 Å². The van der Waals surface area contributed by atoms with Crippen LogP contribution in [0.2, 0.25) is 0 Å². The van der Waals surface area contributed by atoms with Crippen LogP contribution < -0.4 is 5.73 Å². The summed E-state index contributed by atoms with van der Waals surface area (Å²) in [6.45, 7) is 0.601. The first-order valence-electron chi connectivity index (χ1n) is 9.10. The van der Waals surface area contributed by atoms with E-state index in [0.717, 1.165) is 23.4 Å². The smallest absolute Gasteiger partial charge is 0.0735 e. The van der Waals surface area contributed by atoms with Gasteiger partial charge < -0.3 is 5.73 Å². The van der Waals surface area contributed by atoms with Crippen molar-refractivity contribution in [3.05, 3.63) is 47.8 Å². The lowest BCUT2D eigenvalue weighted by Gasteiger charge is -2.56. The molecule has 1 aromatic carbocycles. The number of nitrogens with zero attached hydrogens (tertiary/aromatic N) is 2. The van der Waals surface area contributed by atoms with Gasteiger partial charge in [0.2, 0.25) is 0 Å². The Hall–Kier alpha value is -1.32. The molecule has 0 saturated heterocycles. The van der Waals surface area contributed by atoms with Crippen LogP contribution >= 0.6 is 12.4 Å². The summed E-state index contributed by atoms with van der Waals surface area (Å²) >= 11 is 0. The molecule has 4 saturated carbocycles. The zero-order valence-electron chi connectivity index (χ0n) is 14.0. The van der Waals surface area contributed by atoms with Crippen molar-refractivity contribution >= 4 is 12.4 Å². The molecule has 4 fully saturated rings. The summed E-state index contributed by atoms with van der Waals surface area (Å²) in [5.74, 6) is 2.82. The number of hydrogen-bond acceptors (Lipinski definition) is 2. The summed E-state index contributed by atoms with van der Waals surface area (Å²) in [5.41, 5.74) is 10.1. The first-order chi connectivity index (χ1) is 11.3. The molecule has 2 aromatic rings. The predicted molar refractivity (Wildman–Crippen MR) is 98.6 cm³/mol. The standard InChI is InChI=1S/C20H25N3.ClH/c21-12-17-13-23(18-4-2-1-3-5-18)22-19(17)20-9-14-6-15(10-20)8-16(7-14)11-20;/h1-5,13-16H,6-12,21H2;1H. The van der Waals surface area contributed by atoms with Crippen molar-refractivity contribution < 1.29 is 0 Å². The van der Waals surface area contributed by atoms with Crippen LogP contribution in [0, 0.1) is 17.8 Å². The normalized spacial score (nSPS) is 33.5. The first kappa shape index (κ1) is 16.2. The highest BCUT2D eigenvalue weighted by atomic mass is 35.5. The van der Waals surface area contributed by atoms with Crippen molar-refractivity contribution in [2.45, 2.75) is 50.5 Å². The Morgan fingerprint density at radius 2 is 1.58 bits per heavy atom. The molecule has 0 amide bonds. The lowest BCUT2D eigenvalue weighted by molar-refractivity contribution is -0.00772. The van der Waals surface area contributed by atoms with Gasteiger partial charge in [-0.2, -0.15) is 5.10 Å². The molecular weight excluding hydrogens is 318 g/mol. The fraction of sp³-hybridized carbons (Fsp3) is 0.550. The van der Waals surface area contributed by atoms with E-state index in [1.165, 1.54) is 49.8 Å². The molecule has 1 heterocycles. The van der Waals surface area contributed by atoms with Gasteiger partial charge in [0.25, 0.3) is 0 Å². The summed E-state index contributed by atoms with van der Waals surface area (Å²) in [6.07, 6.45) is 10.6. The SMILES string of the molecule is Cl.NCc1cn(-c2ccccc2)nc1C12CC3CC(CC(C3)C1)C2. The van der Waals surface area contributed by atoms with E-state index in [9.17, 15) is 0 Å². The molecule has 4 heteroatoms. The largest absolute Gasteiger partial charge is 0.326 e. The monoisotopic (exact) mass is 343 g/mol. The van der Waals surface area contributed by atoms with Gasteiger partial charge in [-0.15, -0.1) is 12.4 Å². The lowest BCUT2D eigenvalue weighted by Crippen LogP contribution is -2.49. The van der Waals surface area contributed by atoms with Crippen molar-refractivity contribution in [2.75, 3.05) is 0 Å². The Labute approximate surface area is 150 Å². The van der Waals surface area contributed by atoms with Gasteiger partial charge in [-0.05, 0) is 68.4 Å². The molecule has 0 radical (unpaired) electrons. The maximum atomic E-state index is 6.11. The van der Waals surface area contributed by atoms with E-state index in [0.29, 0.717) is 12.0 Å². The summed E-state index contributed by atoms with van der Waals surface area (Å²) < 4.78 is 2.05. The van der Waals surface area contributed by atoms with Gasteiger partial charge in [-0.3, -0.25) is 0 Å². The highest BCUT2D eigenvalue weighted by Crippen LogP contribution is 2.60. The Morgan fingerprint density at radius 3 is 2.12 bits per heavy atom. The molecule has 4 bridgehead atoms. The van der Waals surface area contributed by atoms with Crippen molar-refractivity contribution in [1.29, 1.82) is 0 Å². The molecule has 3 nitrogen and oxygen atoms in total. The highest BCUT2D eigenvalue weighted by molar-refractivity contribution is 5.85. The van der Waals surface area contributed by atoms with Crippen LogP contribution in [0.25, 0.3) is 5.69 Å². The summed E-state index contributed by atoms with van der Waals surface area (Å²) in [4.78, 5) is 0. The van der Waals surface area contributed by atoms with Crippen molar-refractivity contribution in [1.82, 2.24) is 9.78 Å². The number of nitrogens with two attached hydrogens (primary N) is 1. The van der Waals surface area contributed by atoms with E-state index in [1.54, 1.807) is 0 Å². The minimum Gasteiger partial charge on any atom is -0.326 e. The third-order valence-corrected chi connectivity index (χ3v) is 6.57. The van der Waals surface area contributed by atoms with E-state index in [4.69, 9.17) is 10.8 Å². The van der Waals surface area contributed by atoms with Crippen LogP contribution in [0.1, 0.15) is 49.8 Å². The molecule has 0 aliphatic heterocycles. The van der Waals surface area contributed by atoms with Crippen LogP contribution in [0.4, 0.5) is 0 Å². The topological polar surface area (TPSA) is 43.8 Å². The molecule has 2 N–H and O–H groups in total. The maximum absolute atomic E-state index is 6.11. The Morgan fingerprint density at radius 1 is 1.00 bits per heavy atom. The van der Waals surface area contributed by atoms with Crippen LogP contribution in [0.5, 0.6) is 0 Å². The molecule has 4 aliphatic carbocycles. The third-order valence-electron chi connectivity index (χ3n) is 6.57. The van der Waals surface area contributed by atoms with E-state index in [-0.39, 0.29) is 12.4 Å². The third kappa shape index (κ3) is 2.41. The summed E-state index contributed by atoms with van der Waals surface area (Å²) in [5, 5.41) is 5.08. The number of aromatic nitrogens is 2. The number of halogens is 1. The lowest BCUT2D eigenvalue weighted by atomic mass is 9.48. The second-order valence-corrected chi connectivity index (χ2v) is 8.19. The molecule has 0 spiro atoms. The van der Waals surface area contributed by atoms with Crippen LogP contribution in [0.15, 0.2) is 36.5 Å². The van der Waals surface area contributed by atoms with Gasteiger partial charge in [-0.25, -0.2) is 4.68 Å². The number of rotatable bonds is 3. The van der Waals surface area contributed by atoms with E-state index < -0.39 is 0 Å². The van der Waals surface area contributed by atoms with Crippen LogP contribution in [-0.2, 0) is 12.0 Å². The van der Waals surface area contributed by atoms with Crippen LogP contribution in [0.3, 0.4) is 0 Å². The van der Waals surface area contributed by atoms with E-state index >= 15 is 0 Å². The molecule has 128 valence electrons. The summed E-state index contributed by atoms with van der Waals surface area (Å²) in [7, 11) is 0. The molecule has 0 atom stereocenters. The van der Waals surface area contributed by atoms with Gasteiger partial charge >= 0.3 is 0 Å². The summed E-state index contributed by atoms with van der Waals surface area (Å²) in [6, 6.07) is 10.4. The molecular formula is C20H26ClN3. The van der Waals surface area contributed by atoms with Gasteiger partial charge in [-0.1, -0.05) is 18.2 Å². The van der Waals surface area contributed by atoms with Crippen LogP contribution in [-0.4, -0.2) is 9.78 Å². The molecule has 0 unspecified atom stereocenters. The highest BCUT2D eigenvalue weighted by Gasteiger charge is 2.53. The number of benzene rings is 1. The maximum Gasteiger partial charge on any atom is 0.0735 e. The second-order valence-electron chi connectivity index (χ2n) is 8.19. The van der Waals surface area contributed by atoms with E-state index in [1.807, 2.05) is 0 Å². The zero-order chi connectivity index (χ0) is 15.4. The fourth-order valence-electron chi connectivity index (χ4n) is 6.12. The average molecular weight is 344 g/mol.